The van der Waals surface area contributed by atoms with Crippen molar-refractivity contribution < 1.29 is 9.53 Å². The van der Waals surface area contributed by atoms with Crippen LogP contribution in [-0.4, -0.2) is 29.3 Å². The molecule has 0 aromatic carbocycles. The number of ether oxygens (including phenoxy) is 1. The molecular weight excluding hydrogens is 250 g/mol. The van der Waals surface area contributed by atoms with Crippen molar-refractivity contribution >= 4 is 17.4 Å². The molecule has 0 bridgehead atoms. The van der Waals surface area contributed by atoms with E-state index >= 15 is 0 Å². The van der Waals surface area contributed by atoms with Gasteiger partial charge in [0, 0.05) is 11.1 Å². The van der Waals surface area contributed by atoms with Crippen molar-refractivity contribution in [3.63, 3.8) is 0 Å². The summed E-state index contributed by atoms with van der Waals surface area (Å²) < 4.78 is 5.28. The minimum atomic E-state index is -0.462. The first kappa shape index (κ1) is 13.3. The summed E-state index contributed by atoms with van der Waals surface area (Å²) >= 11 is 1.60. The summed E-state index contributed by atoms with van der Waals surface area (Å²) in [6.07, 6.45) is 2.39. The van der Waals surface area contributed by atoms with Crippen LogP contribution >= 0.6 is 11.3 Å². The van der Waals surface area contributed by atoms with E-state index < -0.39 is 5.60 Å². The van der Waals surface area contributed by atoms with Gasteiger partial charge in [-0.25, -0.2) is 4.79 Å². The Morgan fingerprint density at radius 2 is 2.39 bits per heavy atom. The lowest BCUT2D eigenvalue weighted by atomic mass is 10.1. The molecule has 0 saturated carbocycles. The maximum atomic E-state index is 11.8. The van der Waals surface area contributed by atoms with Crippen LogP contribution in [0.5, 0.6) is 0 Å². The fourth-order valence-electron chi connectivity index (χ4n) is 2.00. The van der Waals surface area contributed by atoms with Gasteiger partial charge in [-0.1, -0.05) is 0 Å². The molecule has 0 spiro atoms. The third-order valence-corrected chi connectivity index (χ3v) is 3.54. The molecule has 100 valence electrons. The zero-order valence-corrected chi connectivity index (χ0v) is 11.7. The minimum Gasteiger partial charge on any atom is -0.444 e. The average molecular weight is 269 g/mol. The lowest BCUT2D eigenvalue weighted by molar-refractivity contribution is 0.0500. The van der Waals surface area contributed by atoms with Crippen molar-refractivity contribution in [2.75, 3.05) is 6.54 Å². The Hall–Kier alpha value is -1.14. The van der Waals surface area contributed by atoms with Gasteiger partial charge in [0.05, 0.1) is 17.6 Å². The first-order valence-electron chi connectivity index (χ1n) is 6.07. The highest BCUT2D eigenvalue weighted by atomic mass is 32.1. The Labute approximate surface area is 111 Å². The summed E-state index contributed by atoms with van der Waals surface area (Å²) in [5, 5.41) is 6.31. The number of nitrogens with zero attached hydrogens (tertiary/aromatic N) is 1. The predicted molar refractivity (Wildman–Crippen MR) is 70.6 cm³/mol. The highest BCUT2D eigenvalue weighted by Crippen LogP contribution is 2.26. The van der Waals surface area contributed by atoms with Crippen LogP contribution in [0.3, 0.4) is 0 Å². The van der Waals surface area contributed by atoms with Gasteiger partial charge in [0.25, 0.3) is 0 Å². The van der Waals surface area contributed by atoms with Crippen LogP contribution < -0.4 is 10.6 Å². The third kappa shape index (κ3) is 3.43. The molecule has 0 aliphatic carbocycles. The number of thiazole rings is 1. The van der Waals surface area contributed by atoms with Crippen molar-refractivity contribution in [3.05, 3.63) is 16.6 Å². The van der Waals surface area contributed by atoms with E-state index in [0.29, 0.717) is 0 Å². The number of rotatable bonds is 2. The summed E-state index contributed by atoms with van der Waals surface area (Å²) in [7, 11) is 0. The van der Waals surface area contributed by atoms with Crippen molar-refractivity contribution in [2.45, 2.75) is 44.9 Å². The van der Waals surface area contributed by atoms with Gasteiger partial charge >= 0.3 is 6.09 Å². The van der Waals surface area contributed by atoms with Crippen LogP contribution in [-0.2, 0) is 4.74 Å². The highest BCUT2D eigenvalue weighted by molar-refractivity contribution is 7.09. The number of aromatic nitrogens is 1. The maximum Gasteiger partial charge on any atom is 0.407 e. The van der Waals surface area contributed by atoms with E-state index in [1.165, 1.54) is 0 Å². The Balaban J connectivity index is 1.94. The van der Waals surface area contributed by atoms with Crippen LogP contribution in [0.1, 0.15) is 38.1 Å². The summed E-state index contributed by atoms with van der Waals surface area (Å²) in [6, 6.07) is 0.213. The number of carbonyl (C=O) groups excluding carboxylic acids is 1. The molecule has 1 aromatic heterocycles. The first-order valence-corrected chi connectivity index (χ1v) is 6.95. The van der Waals surface area contributed by atoms with E-state index in [4.69, 9.17) is 4.74 Å². The molecule has 0 unspecified atom stereocenters. The second-order valence-electron chi connectivity index (χ2n) is 5.38. The SMILES string of the molecule is CC(C)(C)OC(=O)N[C@@H]1CCN[C@H]1c1cncs1. The number of nitrogens with one attached hydrogen (secondary N) is 2. The second kappa shape index (κ2) is 5.24. The summed E-state index contributed by atoms with van der Waals surface area (Å²) in [5.41, 5.74) is 1.34. The standard InChI is InChI=1S/C12H19N3O2S/c1-12(2,3)17-11(16)15-8-4-5-14-10(8)9-6-13-7-18-9/h6-8,10,14H,4-5H2,1-3H3,(H,15,16)/t8-,10-/m1/s1. The van der Waals surface area contributed by atoms with Gasteiger partial charge in [-0.2, -0.15) is 0 Å². The molecule has 2 rings (SSSR count). The molecule has 6 heteroatoms. The summed E-state index contributed by atoms with van der Waals surface area (Å²) in [6.45, 7) is 6.48. The van der Waals surface area contributed by atoms with Crippen molar-refractivity contribution in [1.82, 2.24) is 15.6 Å². The third-order valence-electron chi connectivity index (χ3n) is 2.68. The van der Waals surface area contributed by atoms with Gasteiger partial charge in [-0.05, 0) is 33.7 Å². The molecule has 1 aliphatic heterocycles. The Morgan fingerprint density at radius 3 is 3.00 bits per heavy atom. The van der Waals surface area contributed by atoms with E-state index in [1.54, 1.807) is 16.8 Å². The molecule has 18 heavy (non-hydrogen) atoms. The van der Waals surface area contributed by atoms with E-state index in [-0.39, 0.29) is 18.2 Å². The number of hydrogen-bond acceptors (Lipinski definition) is 5. The van der Waals surface area contributed by atoms with Gasteiger partial charge in [0.15, 0.2) is 0 Å². The molecule has 1 saturated heterocycles. The topological polar surface area (TPSA) is 63.2 Å². The lowest BCUT2D eigenvalue weighted by Crippen LogP contribution is -2.41. The minimum absolute atomic E-state index is 0.0697. The number of hydrogen-bond donors (Lipinski definition) is 2. The number of carbonyl (C=O) groups is 1. The van der Waals surface area contributed by atoms with Crippen molar-refractivity contribution in [3.8, 4) is 0 Å². The quantitative estimate of drug-likeness (QED) is 0.862. The highest BCUT2D eigenvalue weighted by Gasteiger charge is 2.31. The van der Waals surface area contributed by atoms with Crippen LogP contribution in [0.15, 0.2) is 11.7 Å². The molecule has 1 aromatic rings. The smallest absolute Gasteiger partial charge is 0.407 e. The van der Waals surface area contributed by atoms with Crippen molar-refractivity contribution in [2.24, 2.45) is 0 Å². The zero-order chi connectivity index (χ0) is 13.2. The molecule has 1 amide bonds. The molecule has 1 fully saturated rings. The number of alkyl carbamates (subject to hydrolysis) is 1. The predicted octanol–water partition coefficient (Wildman–Crippen LogP) is 2.07. The van der Waals surface area contributed by atoms with Crippen molar-refractivity contribution in [1.29, 1.82) is 0 Å². The van der Waals surface area contributed by atoms with E-state index in [9.17, 15) is 4.79 Å². The fourth-order valence-corrected chi connectivity index (χ4v) is 2.76. The summed E-state index contributed by atoms with van der Waals surface area (Å²) in [5.74, 6) is 0. The fraction of sp³-hybridized carbons (Fsp3) is 0.667. The molecule has 2 atom stereocenters. The molecule has 5 nitrogen and oxygen atoms in total. The van der Waals surface area contributed by atoms with Gasteiger partial charge < -0.3 is 15.4 Å². The lowest BCUT2D eigenvalue weighted by Gasteiger charge is -2.24. The maximum absolute atomic E-state index is 11.8. The van der Waals surface area contributed by atoms with Gasteiger partial charge in [-0.15, -0.1) is 11.3 Å². The van der Waals surface area contributed by atoms with E-state index in [0.717, 1.165) is 17.8 Å². The van der Waals surface area contributed by atoms with Gasteiger partial charge in [0.1, 0.15) is 5.60 Å². The average Bonchev–Trinajstić information content (AvgIpc) is 2.82. The molecule has 2 N–H and O–H groups in total. The first-order chi connectivity index (χ1) is 8.46. The Bertz CT molecular complexity index is 400. The Morgan fingerprint density at radius 1 is 1.61 bits per heavy atom. The normalized spacial score (nSPS) is 23.9. The molecule has 1 aliphatic rings. The van der Waals surface area contributed by atoms with Crippen LogP contribution in [0, 0.1) is 0 Å². The monoisotopic (exact) mass is 269 g/mol. The molecule has 0 radical (unpaired) electrons. The largest absolute Gasteiger partial charge is 0.444 e. The Kier molecular flexibility index (Phi) is 3.87. The van der Waals surface area contributed by atoms with E-state index in [1.807, 2.05) is 27.0 Å². The van der Waals surface area contributed by atoms with Crippen LogP contribution in [0.4, 0.5) is 4.79 Å². The van der Waals surface area contributed by atoms with Gasteiger partial charge in [0.2, 0.25) is 0 Å². The van der Waals surface area contributed by atoms with Crippen LogP contribution in [0.2, 0.25) is 0 Å². The summed E-state index contributed by atoms with van der Waals surface area (Å²) in [4.78, 5) is 17.0. The van der Waals surface area contributed by atoms with Crippen LogP contribution in [0.25, 0.3) is 0 Å². The number of amides is 1. The molecular formula is C12H19N3O2S. The van der Waals surface area contributed by atoms with E-state index in [2.05, 4.69) is 15.6 Å². The zero-order valence-electron chi connectivity index (χ0n) is 10.9. The second-order valence-corrected chi connectivity index (χ2v) is 6.29. The molecule has 2 heterocycles. The van der Waals surface area contributed by atoms with Gasteiger partial charge in [-0.3, -0.25) is 4.98 Å².